The topological polar surface area (TPSA) is 25.2 Å². The molecule has 0 saturated carbocycles. The van der Waals surface area contributed by atoms with Crippen molar-refractivity contribution in [2.75, 3.05) is 0 Å². The lowest BCUT2D eigenvalue weighted by Crippen LogP contribution is -1.92. The van der Waals surface area contributed by atoms with Gasteiger partial charge in [-0.2, -0.15) is 0 Å². The molecule has 1 aromatic carbocycles. The van der Waals surface area contributed by atoms with Crippen LogP contribution in [0.5, 0.6) is 0 Å². The van der Waals surface area contributed by atoms with Gasteiger partial charge in [0.1, 0.15) is 0 Å². The van der Waals surface area contributed by atoms with Gasteiger partial charge in [0.05, 0.1) is 17.6 Å². The lowest BCUT2D eigenvalue weighted by atomic mass is 10.1. The number of nitrogens with zero attached hydrogens (tertiary/aromatic N) is 2. The van der Waals surface area contributed by atoms with Gasteiger partial charge in [0.15, 0.2) is 0 Å². The van der Waals surface area contributed by atoms with E-state index in [1.165, 1.54) is 21.6 Å². The molecule has 0 aliphatic carbocycles. The molecule has 0 radical (unpaired) electrons. The van der Waals surface area contributed by atoms with Crippen molar-refractivity contribution in [1.29, 1.82) is 0 Å². The van der Waals surface area contributed by atoms with Crippen molar-refractivity contribution in [3.63, 3.8) is 0 Å². The summed E-state index contributed by atoms with van der Waals surface area (Å²) >= 11 is 1.73. The van der Waals surface area contributed by atoms with Crippen LogP contribution in [0, 0.1) is 27.7 Å². The second kappa shape index (κ2) is 9.35. The van der Waals surface area contributed by atoms with Crippen LogP contribution in [-0.2, 0) is 0 Å². The molecule has 2 aromatic rings. The molecule has 0 amide bonds. The maximum absolute atomic E-state index is 4.65. The van der Waals surface area contributed by atoms with Crippen molar-refractivity contribution >= 4 is 18.0 Å². The number of aromatic nitrogens is 1. The van der Waals surface area contributed by atoms with Crippen LogP contribution in [0.3, 0.4) is 0 Å². The summed E-state index contributed by atoms with van der Waals surface area (Å²) in [5.74, 6) is 0. The molecule has 134 valence electrons. The second-order valence-corrected chi connectivity index (χ2v) is 7.30. The van der Waals surface area contributed by atoms with Gasteiger partial charge < -0.3 is 0 Å². The van der Waals surface area contributed by atoms with Gasteiger partial charge in [-0.3, -0.25) is 9.98 Å². The van der Waals surface area contributed by atoms with E-state index in [1.807, 2.05) is 38.1 Å². The third-order valence-corrected chi connectivity index (χ3v) is 5.24. The summed E-state index contributed by atoms with van der Waals surface area (Å²) in [6.45, 7) is 14.4. The van der Waals surface area contributed by atoms with Crippen LogP contribution in [0.1, 0.15) is 35.0 Å². The Hall–Kier alpha value is -2.39. The SMILES string of the molecule is C=C/C(N=Cc1cccc(C)n1)=C(\C=C/C)Sc1c(C)cc(C)cc1C. The molecular weight excluding hydrogens is 336 g/mol. The van der Waals surface area contributed by atoms with Gasteiger partial charge in [-0.1, -0.05) is 54.3 Å². The molecule has 1 aromatic heterocycles. The highest BCUT2D eigenvalue weighted by Gasteiger charge is 2.09. The minimum atomic E-state index is 0.843. The van der Waals surface area contributed by atoms with Crippen molar-refractivity contribution < 1.29 is 0 Å². The number of aliphatic imine (C=N–C) groups is 1. The Morgan fingerprint density at radius 3 is 2.38 bits per heavy atom. The maximum Gasteiger partial charge on any atom is 0.0815 e. The van der Waals surface area contributed by atoms with E-state index in [0.29, 0.717) is 0 Å². The van der Waals surface area contributed by atoms with E-state index in [0.717, 1.165) is 22.0 Å². The number of benzene rings is 1. The van der Waals surface area contributed by atoms with Gasteiger partial charge in [0.25, 0.3) is 0 Å². The first-order chi connectivity index (χ1) is 12.4. The Bertz CT molecular complexity index is 866. The van der Waals surface area contributed by atoms with Crippen LogP contribution < -0.4 is 0 Å². The molecule has 0 unspecified atom stereocenters. The van der Waals surface area contributed by atoms with E-state index in [9.17, 15) is 0 Å². The lowest BCUT2D eigenvalue weighted by Gasteiger charge is -2.12. The first-order valence-corrected chi connectivity index (χ1v) is 9.49. The average molecular weight is 363 g/mol. The Labute approximate surface area is 161 Å². The largest absolute Gasteiger partial charge is 0.253 e. The minimum absolute atomic E-state index is 0.843. The van der Waals surface area contributed by atoms with Gasteiger partial charge in [0.2, 0.25) is 0 Å². The minimum Gasteiger partial charge on any atom is -0.253 e. The van der Waals surface area contributed by atoms with Crippen LogP contribution in [0.4, 0.5) is 0 Å². The smallest absolute Gasteiger partial charge is 0.0815 e. The van der Waals surface area contributed by atoms with Gasteiger partial charge in [-0.15, -0.1) is 0 Å². The zero-order valence-corrected chi connectivity index (χ0v) is 17.0. The molecule has 0 aliphatic heterocycles. The average Bonchev–Trinajstić information content (AvgIpc) is 2.58. The van der Waals surface area contributed by atoms with Crippen molar-refractivity contribution in [3.05, 3.63) is 93.8 Å². The number of allylic oxidation sites excluding steroid dienone is 3. The van der Waals surface area contributed by atoms with Crippen molar-refractivity contribution in [2.24, 2.45) is 4.99 Å². The summed E-state index contributed by atoms with van der Waals surface area (Å²) in [6.07, 6.45) is 7.71. The summed E-state index contributed by atoms with van der Waals surface area (Å²) in [5.41, 5.74) is 6.51. The van der Waals surface area contributed by atoms with Crippen LogP contribution in [0.2, 0.25) is 0 Å². The summed E-state index contributed by atoms with van der Waals surface area (Å²) in [7, 11) is 0. The Balaban J connectivity index is 2.43. The highest BCUT2D eigenvalue weighted by atomic mass is 32.2. The second-order valence-electron chi connectivity index (χ2n) is 6.25. The predicted octanol–water partition coefficient (Wildman–Crippen LogP) is 6.50. The fourth-order valence-corrected chi connectivity index (χ4v) is 3.85. The molecule has 0 fully saturated rings. The molecule has 2 rings (SSSR count). The van der Waals surface area contributed by atoms with E-state index in [2.05, 4.69) is 55.5 Å². The highest BCUT2D eigenvalue weighted by Crippen LogP contribution is 2.36. The number of rotatable bonds is 6. The quantitative estimate of drug-likeness (QED) is 0.333. The fraction of sp³-hybridized carbons (Fsp3) is 0.217. The Kier molecular flexibility index (Phi) is 7.16. The molecule has 0 aliphatic rings. The van der Waals surface area contributed by atoms with E-state index in [-0.39, 0.29) is 0 Å². The Morgan fingerprint density at radius 1 is 1.12 bits per heavy atom. The van der Waals surface area contributed by atoms with Gasteiger partial charge in [-0.05, 0) is 64.0 Å². The van der Waals surface area contributed by atoms with Crippen LogP contribution >= 0.6 is 11.8 Å². The number of thioether (sulfide) groups is 1. The van der Waals surface area contributed by atoms with Crippen LogP contribution in [-0.4, -0.2) is 11.2 Å². The lowest BCUT2D eigenvalue weighted by molar-refractivity contribution is 1.18. The molecule has 0 bridgehead atoms. The fourth-order valence-electron chi connectivity index (χ4n) is 2.75. The number of hydrogen-bond donors (Lipinski definition) is 0. The maximum atomic E-state index is 4.65. The van der Waals surface area contributed by atoms with E-state index in [1.54, 1.807) is 24.1 Å². The Morgan fingerprint density at radius 2 is 1.81 bits per heavy atom. The van der Waals surface area contributed by atoms with Gasteiger partial charge in [0, 0.05) is 15.5 Å². The molecule has 1 heterocycles. The van der Waals surface area contributed by atoms with Crippen LogP contribution in [0.25, 0.3) is 0 Å². The first kappa shape index (κ1) is 19.9. The summed E-state index contributed by atoms with van der Waals surface area (Å²) in [6, 6.07) is 10.4. The van der Waals surface area contributed by atoms with Crippen molar-refractivity contribution in [1.82, 2.24) is 4.98 Å². The summed E-state index contributed by atoms with van der Waals surface area (Å²) < 4.78 is 0. The van der Waals surface area contributed by atoms with E-state index in [4.69, 9.17) is 0 Å². The highest BCUT2D eigenvalue weighted by molar-refractivity contribution is 8.03. The zero-order valence-electron chi connectivity index (χ0n) is 16.2. The summed E-state index contributed by atoms with van der Waals surface area (Å²) in [5, 5.41) is 0. The van der Waals surface area contributed by atoms with E-state index < -0.39 is 0 Å². The van der Waals surface area contributed by atoms with E-state index >= 15 is 0 Å². The monoisotopic (exact) mass is 362 g/mol. The predicted molar refractivity (Wildman–Crippen MR) is 115 cm³/mol. The molecule has 2 nitrogen and oxygen atoms in total. The molecular formula is C23H26N2S. The number of hydrogen-bond acceptors (Lipinski definition) is 3. The van der Waals surface area contributed by atoms with Gasteiger partial charge in [-0.25, -0.2) is 0 Å². The normalized spacial score (nSPS) is 12.7. The molecule has 26 heavy (non-hydrogen) atoms. The number of pyridine rings is 1. The van der Waals surface area contributed by atoms with Gasteiger partial charge >= 0.3 is 0 Å². The molecule has 0 spiro atoms. The first-order valence-electron chi connectivity index (χ1n) is 8.67. The molecule has 0 N–H and O–H groups in total. The zero-order chi connectivity index (χ0) is 19.1. The van der Waals surface area contributed by atoms with Crippen molar-refractivity contribution in [2.45, 2.75) is 39.5 Å². The standard InChI is InChI=1S/C23H26N2S/c1-7-10-22(26-23-17(4)13-16(3)14-18(23)5)21(8-2)24-15-20-12-9-11-19(6)25-20/h7-15H,2H2,1,3-6H3/b10-7-,22-21-,24-15?. The third kappa shape index (κ3) is 5.30. The molecule has 0 atom stereocenters. The molecule has 3 heteroatoms. The number of aryl methyl sites for hydroxylation is 4. The van der Waals surface area contributed by atoms with Crippen molar-refractivity contribution in [3.8, 4) is 0 Å². The molecule has 0 saturated heterocycles. The summed E-state index contributed by atoms with van der Waals surface area (Å²) in [4.78, 5) is 11.5. The third-order valence-electron chi connectivity index (χ3n) is 3.83. The van der Waals surface area contributed by atoms with Crippen LogP contribution in [0.15, 0.2) is 75.6 Å².